The van der Waals surface area contributed by atoms with Gasteiger partial charge in [-0.25, -0.2) is 0 Å². The number of aliphatic hydroxyl groups is 1. The van der Waals surface area contributed by atoms with Crippen molar-refractivity contribution in [3.63, 3.8) is 0 Å². The predicted molar refractivity (Wildman–Crippen MR) is 104 cm³/mol. The lowest BCUT2D eigenvalue weighted by atomic mass is 9.92. The van der Waals surface area contributed by atoms with E-state index in [4.69, 9.17) is 25.8 Å². The summed E-state index contributed by atoms with van der Waals surface area (Å²) in [5.74, 6) is 0.247. The molecule has 1 saturated heterocycles. The monoisotopic (exact) mass is 467 g/mol. The second-order valence-electron chi connectivity index (χ2n) is 7.64. The summed E-state index contributed by atoms with van der Waals surface area (Å²) in [6.07, 6.45) is -5.84. The van der Waals surface area contributed by atoms with Crippen molar-refractivity contribution in [2.45, 2.75) is 62.5 Å². The molecular weight excluding hydrogens is 443 g/mol. The zero-order valence-corrected chi connectivity index (χ0v) is 17.4. The molecule has 0 aromatic heterocycles. The van der Waals surface area contributed by atoms with Gasteiger partial charge < -0.3 is 24.6 Å². The summed E-state index contributed by atoms with van der Waals surface area (Å²) in [5, 5.41) is 13.6. The highest BCUT2D eigenvalue weighted by Crippen LogP contribution is 2.32. The topological polar surface area (TPSA) is 86.3 Å². The van der Waals surface area contributed by atoms with Gasteiger partial charge in [0.1, 0.15) is 11.9 Å². The molecule has 1 saturated carbocycles. The van der Waals surface area contributed by atoms with Gasteiger partial charge in [-0.05, 0) is 37.1 Å². The van der Waals surface area contributed by atoms with E-state index >= 15 is 0 Å². The van der Waals surface area contributed by atoms with Crippen molar-refractivity contribution in [3.05, 3.63) is 29.3 Å². The zero-order chi connectivity index (χ0) is 22.4. The minimum Gasteiger partial charge on any atom is -0.484 e. The standard InChI is InChI=1S/C20H25ClF3NO6/c21-12-1-4-14(5-2-12)29-11-19(27)25-13-3-6-18(30-9-13)17(26)10-28-15-7-16(8-15)31-20(22,23)24/h1-2,4-5,13,15-18,26H,3,6-11H2,(H,25,27)/t13-,15?,16?,17?,18+/m0/s1. The van der Waals surface area contributed by atoms with Crippen molar-refractivity contribution in [3.8, 4) is 5.75 Å². The summed E-state index contributed by atoms with van der Waals surface area (Å²) in [4.78, 5) is 12.0. The Balaban J connectivity index is 1.27. The third kappa shape index (κ3) is 8.12. The second-order valence-corrected chi connectivity index (χ2v) is 8.07. The molecule has 3 atom stereocenters. The minimum absolute atomic E-state index is 0.0277. The van der Waals surface area contributed by atoms with E-state index in [0.717, 1.165) is 0 Å². The van der Waals surface area contributed by atoms with E-state index in [9.17, 15) is 23.1 Å². The molecule has 0 radical (unpaired) electrons. The van der Waals surface area contributed by atoms with Crippen LogP contribution in [-0.4, -0.2) is 67.7 Å². The largest absolute Gasteiger partial charge is 0.522 e. The van der Waals surface area contributed by atoms with Crippen LogP contribution in [0.5, 0.6) is 5.75 Å². The fourth-order valence-electron chi connectivity index (χ4n) is 3.42. The molecule has 3 rings (SSSR count). The lowest BCUT2D eigenvalue weighted by Gasteiger charge is -2.37. The normalized spacial score (nSPS) is 27.3. The van der Waals surface area contributed by atoms with Gasteiger partial charge in [0.2, 0.25) is 0 Å². The molecule has 31 heavy (non-hydrogen) atoms. The molecule has 1 heterocycles. The van der Waals surface area contributed by atoms with Crippen molar-refractivity contribution < 1.29 is 42.0 Å². The Morgan fingerprint density at radius 1 is 1.23 bits per heavy atom. The number of alkyl halides is 3. The van der Waals surface area contributed by atoms with Gasteiger partial charge in [-0.15, -0.1) is 13.2 Å². The van der Waals surface area contributed by atoms with Gasteiger partial charge in [0.05, 0.1) is 37.6 Å². The Labute approximate surface area is 182 Å². The number of aliphatic hydroxyl groups excluding tert-OH is 1. The number of rotatable bonds is 9. The van der Waals surface area contributed by atoms with Gasteiger partial charge in [0.15, 0.2) is 6.61 Å². The van der Waals surface area contributed by atoms with Gasteiger partial charge in [0.25, 0.3) is 5.91 Å². The smallest absolute Gasteiger partial charge is 0.484 e. The average Bonchev–Trinajstić information content (AvgIpc) is 2.68. The SMILES string of the molecule is O=C(COc1ccc(Cl)cc1)N[C@H]1CC[C@H](C(O)COC2CC(OC(F)(F)F)C2)OC1. The molecule has 1 aromatic carbocycles. The second kappa shape index (κ2) is 10.8. The highest BCUT2D eigenvalue weighted by atomic mass is 35.5. The summed E-state index contributed by atoms with van der Waals surface area (Å²) >= 11 is 5.79. The van der Waals surface area contributed by atoms with Crippen LogP contribution >= 0.6 is 11.6 Å². The predicted octanol–water partition coefficient (Wildman–Crippen LogP) is 2.83. The minimum atomic E-state index is -4.64. The van der Waals surface area contributed by atoms with Crippen molar-refractivity contribution in [1.29, 1.82) is 0 Å². The third-order valence-electron chi connectivity index (χ3n) is 5.14. The van der Waals surface area contributed by atoms with E-state index < -0.39 is 24.7 Å². The number of halogens is 4. The Morgan fingerprint density at radius 3 is 2.55 bits per heavy atom. The van der Waals surface area contributed by atoms with Crippen LogP contribution in [0.3, 0.4) is 0 Å². The molecule has 1 amide bonds. The lowest BCUT2D eigenvalue weighted by Crippen LogP contribution is -2.48. The van der Waals surface area contributed by atoms with Crippen LogP contribution in [0, 0.1) is 0 Å². The molecular formula is C20H25ClF3NO6. The maximum atomic E-state index is 12.1. The molecule has 1 aromatic rings. The summed E-state index contributed by atoms with van der Waals surface area (Å²) in [7, 11) is 0. The summed E-state index contributed by atoms with van der Waals surface area (Å²) < 4.78 is 56.7. The average molecular weight is 468 g/mol. The first-order chi connectivity index (χ1) is 14.7. The highest BCUT2D eigenvalue weighted by molar-refractivity contribution is 6.30. The number of nitrogens with one attached hydrogen (secondary N) is 1. The maximum absolute atomic E-state index is 12.1. The van der Waals surface area contributed by atoms with Crippen LogP contribution in [-0.2, 0) is 19.0 Å². The van der Waals surface area contributed by atoms with Gasteiger partial charge in [-0.3, -0.25) is 9.53 Å². The van der Waals surface area contributed by atoms with Crippen LogP contribution in [0.4, 0.5) is 13.2 Å². The van der Waals surface area contributed by atoms with Crippen molar-refractivity contribution in [2.24, 2.45) is 0 Å². The molecule has 2 N–H and O–H groups in total. The highest BCUT2D eigenvalue weighted by Gasteiger charge is 2.41. The van der Waals surface area contributed by atoms with E-state index in [-0.39, 0.29) is 50.7 Å². The first-order valence-corrected chi connectivity index (χ1v) is 10.4. The number of carbonyl (C=O) groups excluding carboxylic acids is 1. The van der Waals surface area contributed by atoms with Crippen LogP contribution in [0.25, 0.3) is 0 Å². The number of benzene rings is 1. The molecule has 1 aliphatic heterocycles. The third-order valence-corrected chi connectivity index (χ3v) is 5.40. The van der Waals surface area contributed by atoms with Crippen molar-refractivity contribution in [2.75, 3.05) is 19.8 Å². The van der Waals surface area contributed by atoms with E-state index in [1.165, 1.54) is 0 Å². The summed E-state index contributed by atoms with van der Waals surface area (Å²) in [6.45, 7) is 0.0673. The van der Waals surface area contributed by atoms with Crippen LogP contribution in [0.2, 0.25) is 5.02 Å². The van der Waals surface area contributed by atoms with Gasteiger partial charge >= 0.3 is 6.36 Å². The lowest BCUT2D eigenvalue weighted by molar-refractivity contribution is -0.357. The van der Waals surface area contributed by atoms with E-state index in [1.54, 1.807) is 24.3 Å². The molecule has 0 spiro atoms. The van der Waals surface area contributed by atoms with Crippen molar-refractivity contribution >= 4 is 17.5 Å². The molecule has 0 bridgehead atoms. The molecule has 2 fully saturated rings. The fourth-order valence-corrected chi connectivity index (χ4v) is 3.54. The first kappa shape index (κ1) is 24.1. The molecule has 174 valence electrons. The number of amides is 1. The molecule has 2 aliphatic rings. The Hall–Kier alpha value is -1.59. The quantitative estimate of drug-likeness (QED) is 0.581. The summed E-state index contributed by atoms with van der Waals surface area (Å²) in [5.41, 5.74) is 0. The summed E-state index contributed by atoms with van der Waals surface area (Å²) in [6, 6.07) is 6.47. The van der Waals surface area contributed by atoms with Gasteiger partial charge in [-0.2, -0.15) is 0 Å². The number of hydrogen-bond acceptors (Lipinski definition) is 6. The molecule has 11 heteroatoms. The number of hydrogen-bond donors (Lipinski definition) is 2. The van der Waals surface area contributed by atoms with E-state index in [2.05, 4.69) is 10.1 Å². The Morgan fingerprint density at radius 2 is 1.94 bits per heavy atom. The van der Waals surface area contributed by atoms with Crippen LogP contribution in [0.1, 0.15) is 25.7 Å². The van der Waals surface area contributed by atoms with E-state index in [0.29, 0.717) is 23.6 Å². The Kier molecular flexibility index (Phi) is 8.40. The fraction of sp³-hybridized carbons (Fsp3) is 0.650. The first-order valence-electron chi connectivity index (χ1n) is 10.0. The van der Waals surface area contributed by atoms with Crippen LogP contribution in [0.15, 0.2) is 24.3 Å². The molecule has 1 unspecified atom stereocenters. The van der Waals surface area contributed by atoms with Crippen LogP contribution < -0.4 is 10.1 Å². The van der Waals surface area contributed by atoms with Gasteiger partial charge in [0, 0.05) is 17.9 Å². The number of carbonyl (C=O) groups is 1. The molecule has 1 aliphatic carbocycles. The Bertz CT molecular complexity index is 706. The number of ether oxygens (including phenoxy) is 4. The van der Waals surface area contributed by atoms with E-state index in [1.807, 2.05) is 0 Å². The molecule has 7 nitrogen and oxygen atoms in total. The zero-order valence-electron chi connectivity index (χ0n) is 16.6. The van der Waals surface area contributed by atoms with Gasteiger partial charge in [-0.1, -0.05) is 11.6 Å². The van der Waals surface area contributed by atoms with Crippen molar-refractivity contribution in [1.82, 2.24) is 5.32 Å². The maximum Gasteiger partial charge on any atom is 0.522 e.